The molecule has 0 saturated carbocycles. The normalized spacial score (nSPS) is 14.2. The summed E-state index contributed by atoms with van der Waals surface area (Å²) in [5, 5.41) is 10.9. The highest BCUT2D eigenvalue weighted by Gasteiger charge is 2.17. The monoisotopic (exact) mass is 340 g/mol. The van der Waals surface area contributed by atoms with Gasteiger partial charge >= 0.3 is 0 Å². The largest absolute Gasteiger partial charge is 0.367 e. The number of allylic oxidation sites excluding steroid dienone is 1. The summed E-state index contributed by atoms with van der Waals surface area (Å²) in [5.74, 6) is 0.127. The molecule has 1 aliphatic carbocycles. The molecule has 2 N–H and O–H groups in total. The van der Waals surface area contributed by atoms with Gasteiger partial charge in [0.05, 0.1) is 0 Å². The molecule has 7 nitrogen and oxygen atoms in total. The Kier molecular flexibility index (Phi) is 5.77. The van der Waals surface area contributed by atoms with Crippen LogP contribution in [0.25, 0.3) is 0 Å². The summed E-state index contributed by atoms with van der Waals surface area (Å²) in [4.78, 5) is 14.6. The van der Waals surface area contributed by atoms with E-state index in [-0.39, 0.29) is 18.4 Å². The molecule has 0 spiro atoms. The van der Waals surface area contributed by atoms with Crippen LogP contribution in [0.15, 0.2) is 42.0 Å². The topological polar surface area (TPSA) is 89.9 Å². The zero-order valence-electron chi connectivity index (χ0n) is 14.3. The number of amides is 1. The molecule has 0 aliphatic heterocycles. The van der Waals surface area contributed by atoms with Crippen LogP contribution in [0.1, 0.15) is 37.7 Å². The highest BCUT2D eigenvalue weighted by atomic mass is 16.2. The Labute approximate surface area is 147 Å². The van der Waals surface area contributed by atoms with Gasteiger partial charge < -0.3 is 10.6 Å². The van der Waals surface area contributed by atoms with E-state index in [0.29, 0.717) is 13.1 Å². The number of nitrogens with two attached hydrogens (primary N) is 1. The van der Waals surface area contributed by atoms with E-state index in [4.69, 9.17) is 5.73 Å². The lowest BCUT2D eigenvalue weighted by molar-refractivity contribution is -0.132. The number of hydrogen-bond donors (Lipinski definition) is 1. The van der Waals surface area contributed by atoms with E-state index in [9.17, 15) is 4.79 Å². The van der Waals surface area contributed by atoms with E-state index in [0.717, 1.165) is 24.8 Å². The van der Waals surface area contributed by atoms with E-state index in [2.05, 4.69) is 21.6 Å². The van der Waals surface area contributed by atoms with E-state index in [1.54, 1.807) is 0 Å². The molecule has 1 aromatic heterocycles. The number of anilines is 1. The number of rotatable bonds is 7. The Morgan fingerprint density at radius 1 is 1.24 bits per heavy atom. The van der Waals surface area contributed by atoms with Gasteiger partial charge in [0.15, 0.2) is 0 Å². The van der Waals surface area contributed by atoms with Crippen LogP contribution in [0, 0.1) is 0 Å². The molecule has 0 radical (unpaired) electrons. The fourth-order valence-corrected chi connectivity index (χ4v) is 3.06. The molecule has 25 heavy (non-hydrogen) atoms. The fraction of sp³-hybridized carbons (Fsp3) is 0.444. The molecule has 1 aromatic carbocycles. The molecule has 0 atom stereocenters. The average molecular weight is 340 g/mol. The SMILES string of the molecule is Nc1nnnn1CC(=O)N(CCC1=CCCCC1)Cc1ccccc1. The second-order valence-electron chi connectivity index (χ2n) is 6.35. The van der Waals surface area contributed by atoms with E-state index in [1.165, 1.54) is 23.1 Å². The lowest BCUT2D eigenvalue weighted by atomic mass is 9.97. The molecular weight excluding hydrogens is 316 g/mol. The first-order valence-electron chi connectivity index (χ1n) is 8.73. The summed E-state index contributed by atoms with van der Waals surface area (Å²) in [6.07, 6.45) is 8.07. The third-order valence-corrected chi connectivity index (χ3v) is 4.50. The molecule has 3 rings (SSSR count). The van der Waals surface area contributed by atoms with Gasteiger partial charge in [-0.25, -0.2) is 4.68 Å². The van der Waals surface area contributed by atoms with Crippen LogP contribution >= 0.6 is 0 Å². The van der Waals surface area contributed by atoms with Crippen molar-refractivity contribution in [1.82, 2.24) is 25.1 Å². The average Bonchev–Trinajstić information content (AvgIpc) is 3.05. The van der Waals surface area contributed by atoms with Gasteiger partial charge in [0.1, 0.15) is 6.54 Å². The predicted octanol–water partition coefficient (Wildman–Crippen LogP) is 2.17. The summed E-state index contributed by atoms with van der Waals surface area (Å²) in [7, 11) is 0. The van der Waals surface area contributed by atoms with Crippen molar-refractivity contribution in [2.24, 2.45) is 0 Å². The molecule has 1 aliphatic rings. The third-order valence-electron chi connectivity index (χ3n) is 4.50. The maximum Gasteiger partial charge on any atom is 0.244 e. The van der Waals surface area contributed by atoms with Crippen molar-refractivity contribution < 1.29 is 4.79 Å². The first kappa shape index (κ1) is 17.1. The van der Waals surface area contributed by atoms with Crippen molar-refractivity contribution in [2.75, 3.05) is 12.3 Å². The molecule has 0 bridgehead atoms. The minimum atomic E-state index is -0.0285. The summed E-state index contributed by atoms with van der Waals surface area (Å²) in [6, 6.07) is 10.0. The lowest BCUT2D eigenvalue weighted by Gasteiger charge is -2.24. The molecule has 0 saturated heterocycles. The van der Waals surface area contributed by atoms with Crippen LogP contribution in [0.4, 0.5) is 5.95 Å². The zero-order valence-corrected chi connectivity index (χ0v) is 14.3. The van der Waals surface area contributed by atoms with Gasteiger partial charge in [-0.1, -0.05) is 47.1 Å². The number of nitrogen functional groups attached to an aromatic ring is 1. The quantitative estimate of drug-likeness (QED) is 0.780. The number of tetrazole rings is 1. The number of aromatic nitrogens is 4. The molecule has 1 heterocycles. The second-order valence-corrected chi connectivity index (χ2v) is 6.35. The molecule has 2 aromatic rings. The Morgan fingerprint density at radius 2 is 2.08 bits per heavy atom. The maximum absolute atomic E-state index is 12.8. The summed E-state index contributed by atoms with van der Waals surface area (Å²) < 4.78 is 1.33. The van der Waals surface area contributed by atoms with Crippen molar-refractivity contribution in [3.8, 4) is 0 Å². The van der Waals surface area contributed by atoms with Gasteiger partial charge in [0.2, 0.25) is 11.9 Å². The Morgan fingerprint density at radius 3 is 2.76 bits per heavy atom. The molecular formula is C18H24N6O. The molecule has 132 valence electrons. The zero-order chi connectivity index (χ0) is 17.5. The van der Waals surface area contributed by atoms with Gasteiger partial charge in [-0.15, -0.1) is 0 Å². The number of benzene rings is 1. The van der Waals surface area contributed by atoms with Crippen molar-refractivity contribution in [3.63, 3.8) is 0 Å². The van der Waals surface area contributed by atoms with Crippen LogP contribution in [0.5, 0.6) is 0 Å². The Hall–Kier alpha value is -2.70. The van der Waals surface area contributed by atoms with Crippen molar-refractivity contribution in [1.29, 1.82) is 0 Å². The van der Waals surface area contributed by atoms with Crippen LogP contribution in [-0.4, -0.2) is 37.6 Å². The molecule has 1 amide bonds. The standard InChI is InChI=1S/C18H24N6O/c19-18-20-21-22-24(18)14-17(25)23(13-16-9-5-2-6-10-16)12-11-15-7-3-1-4-8-15/h2,5-7,9-10H,1,3-4,8,11-14H2,(H2,19,20,22). The van der Waals surface area contributed by atoms with Crippen LogP contribution in [0.3, 0.4) is 0 Å². The maximum atomic E-state index is 12.8. The van der Waals surface area contributed by atoms with Crippen LogP contribution < -0.4 is 5.73 Å². The van der Waals surface area contributed by atoms with Gasteiger partial charge in [-0.05, 0) is 48.1 Å². The number of carbonyl (C=O) groups is 1. The molecule has 7 heteroatoms. The number of carbonyl (C=O) groups excluding carboxylic acids is 1. The highest BCUT2D eigenvalue weighted by molar-refractivity contribution is 5.76. The smallest absolute Gasteiger partial charge is 0.244 e. The minimum Gasteiger partial charge on any atom is -0.367 e. The van der Waals surface area contributed by atoms with Gasteiger partial charge in [0, 0.05) is 13.1 Å². The van der Waals surface area contributed by atoms with E-state index in [1.807, 2.05) is 35.2 Å². The van der Waals surface area contributed by atoms with Crippen molar-refractivity contribution >= 4 is 11.9 Å². The summed E-state index contributed by atoms with van der Waals surface area (Å²) in [5.41, 5.74) is 8.25. The predicted molar refractivity (Wildman–Crippen MR) is 95.3 cm³/mol. The Bertz CT molecular complexity index is 724. The van der Waals surface area contributed by atoms with Gasteiger partial charge in [-0.2, -0.15) is 0 Å². The minimum absolute atomic E-state index is 0.0285. The van der Waals surface area contributed by atoms with Crippen molar-refractivity contribution in [3.05, 3.63) is 47.5 Å². The highest BCUT2D eigenvalue weighted by Crippen LogP contribution is 2.21. The van der Waals surface area contributed by atoms with Crippen LogP contribution in [-0.2, 0) is 17.9 Å². The Balaban J connectivity index is 1.67. The first-order valence-corrected chi connectivity index (χ1v) is 8.73. The molecule has 0 fully saturated rings. The fourth-order valence-electron chi connectivity index (χ4n) is 3.06. The van der Waals surface area contributed by atoms with Crippen molar-refractivity contribution in [2.45, 2.75) is 45.2 Å². The summed E-state index contributed by atoms with van der Waals surface area (Å²) in [6.45, 7) is 1.33. The van der Waals surface area contributed by atoms with Crippen LogP contribution in [0.2, 0.25) is 0 Å². The number of hydrogen-bond acceptors (Lipinski definition) is 5. The van der Waals surface area contributed by atoms with Gasteiger partial charge in [0.25, 0.3) is 0 Å². The third kappa shape index (κ3) is 4.89. The van der Waals surface area contributed by atoms with E-state index >= 15 is 0 Å². The lowest BCUT2D eigenvalue weighted by Crippen LogP contribution is -2.35. The number of nitrogens with zero attached hydrogens (tertiary/aromatic N) is 5. The molecule has 0 unspecified atom stereocenters. The first-order chi connectivity index (χ1) is 12.2. The van der Waals surface area contributed by atoms with Gasteiger partial charge in [-0.3, -0.25) is 4.79 Å². The van der Waals surface area contributed by atoms with E-state index < -0.39 is 0 Å². The second kappa shape index (κ2) is 8.41. The summed E-state index contributed by atoms with van der Waals surface area (Å²) >= 11 is 0.